The fourth-order valence-corrected chi connectivity index (χ4v) is 1.29. The van der Waals surface area contributed by atoms with Gasteiger partial charge in [0.05, 0.1) is 30.0 Å². The van der Waals surface area contributed by atoms with Crippen LogP contribution in [0.15, 0.2) is 6.20 Å². The van der Waals surface area contributed by atoms with Crippen LogP contribution in [0.1, 0.15) is 20.8 Å². The lowest BCUT2D eigenvalue weighted by molar-refractivity contribution is -0.389. The Labute approximate surface area is 98.3 Å². The molecule has 1 aromatic rings. The number of hydrogen-bond acceptors (Lipinski definition) is 4. The van der Waals surface area contributed by atoms with Crippen LogP contribution in [-0.2, 0) is 11.3 Å². The molecule has 1 heterocycles. The zero-order valence-corrected chi connectivity index (χ0v) is 10.2. The minimum Gasteiger partial charge on any atom is -0.374 e. The fourth-order valence-electron chi connectivity index (χ4n) is 1.07. The van der Waals surface area contributed by atoms with E-state index in [1.54, 1.807) is 0 Å². The van der Waals surface area contributed by atoms with Crippen LogP contribution >= 0.6 is 11.6 Å². The first-order valence-electron chi connectivity index (χ1n) is 4.81. The van der Waals surface area contributed by atoms with Crippen molar-refractivity contribution in [2.45, 2.75) is 32.9 Å². The Morgan fingerprint density at radius 2 is 2.25 bits per heavy atom. The zero-order chi connectivity index (χ0) is 12.3. The van der Waals surface area contributed by atoms with Gasteiger partial charge in [0.2, 0.25) is 0 Å². The van der Waals surface area contributed by atoms with Gasteiger partial charge in [-0.3, -0.25) is 0 Å². The Morgan fingerprint density at radius 1 is 1.62 bits per heavy atom. The molecule has 16 heavy (non-hydrogen) atoms. The van der Waals surface area contributed by atoms with Gasteiger partial charge in [-0.1, -0.05) is 11.6 Å². The van der Waals surface area contributed by atoms with Crippen LogP contribution in [0.25, 0.3) is 0 Å². The molecule has 90 valence electrons. The largest absolute Gasteiger partial charge is 0.408 e. The zero-order valence-electron chi connectivity index (χ0n) is 9.44. The Morgan fingerprint density at radius 3 is 2.69 bits per heavy atom. The molecule has 6 nitrogen and oxygen atoms in total. The maximum atomic E-state index is 10.5. The second-order valence-electron chi connectivity index (χ2n) is 4.28. The highest BCUT2D eigenvalue weighted by Gasteiger charge is 2.19. The second-order valence-corrected chi connectivity index (χ2v) is 4.69. The van der Waals surface area contributed by atoms with E-state index in [4.69, 9.17) is 16.3 Å². The summed E-state index contributed by atoms with van der Waals surface area (Å²) in [4.78, 5) is 9.87. The van der Waals surface area contributed by atoms with Gasteiger partial charge >= 0.3 is 5.82 Å². The molecule has 7 heteroatoms. The van der Waals surface area contributed by atoms with E-state index in [2.05, 4.69) is 5.10 Å². The number of nitro groups is 1. The highest BCUT2D eigenvalue weighted by atomic mass is 35.5. The first-order valence-corrected chi connectivity index (χ1v) is 5.19. The summed E-state index contributed by atoms with van der Waals surface area (Å²) >= 11 is 5.64. The van der Waals surface area contributed by atoms with E-state index in [9.17, 15) is 10.1 Å². The van der Waals surface area contributed by atoms with Crippen molar-refractivity contribution in [1.29, 1.82) is 0 Å². The van der Waals surface area contributed by atoms with Crippen LogP contribution in [0.5, 0.6) is 0 Å². The molecule has 0 aliphatic carbocycles. The minimum atomic E-state index is -0.608. The number of aromatic nitrogens is 2. The second kappa shape index (κ2) is 4.80. The van der Waals surface area contributed by atoms with Gasteiger partial charge in [-0.2, -0.15) is 4.68 Å². The van der Waals surface area contributed by atoms with Gasteiger partial charge in [0.15, 0.2) is 5.02 Å². The van der Waals surface area contributed by atoms with E-state index in [1.165, 1.54) is 10.9 Å². The van der Waals surface area contributed by atoms with Gasteiger partial charge in [-0.15, -0.1) is 0 Å². The van der Waals surface area contributed by atoms with E-state index >= 15 is 0 Å². The summed E-state index contributed by atoms with van der Waals surface area (Å²) in [6, 6.07) is 0. The van der Waals surface area contributed by atoms with E-state index in [-0.39, 0.29) is 16.4 Å². The third kappa shape index (κ3) is 3.79. The fraction of sp³-hybridized carbons (Fsp3) is 0.667. The highest BCUT2D eigenvalue weighted by Crippen LogP contribution is 2.21. The molecule has 0 aromatic carbocycles. The molecule has 0 atom stereocenters. The van der Waals surface area contributed by atoms with Crippen molar-refractivity contribution < 1.29 is 9.66 Å². The maximum absolute atomic E-state index is 10.5. The number of halogens is 1. The standard InChI is InChI=1S/C9H14ClN3O3/c1-9(2,3)16-5-4-12-6-7(10)8(11-12)13(14)15/h6H,4-5H2,1-3H3. The number of rotatable bonds is 4. The lowest BCUT2D eigenvalue weighted by Gasteiger charge is -2.18. The van der Waals surface area contributed by atoms with Gasteiger partial charge in [0.25, 0.3) is 0 Å². The van der Waals surface area contributed by atoms with Crippen molar-refractivity contribution in [3.8, 4) is 0 Å². The van der Waals surface area contributed by atoms with Crippen LogP contribution in [0.4, 0.5) is 5.82 Å². The molecule has 0 N–H and O–H groups in total. The molecule has 0 saturated carbocycles. The number of ether oxygens (including phenoxy) is 1. The summed E-state index contributed by atoms with van der Waals surface area (Å²) in [6.07, 6.45) is 1.42. The number of nitrogens with zero attached hydrogens (tertiary/aromatic N) is 3. The Hall–Kier alpha value is -1.14. The van der Waals surface area contributed by atoms with E-state index in [0.29, 0.717) is 13.2 Å². The molecule has 0 saturated heterocycles. The summed E-state index contributed by atoms with van der Waals surface area (Å²) in [5.41, 5.74) is -0.233. The van der Waals surface area contributed by atoms with Gasteiger partial charge in [0, 0.05) is 0 Å². The molecule has 0 aliphatic heterocycles. The third-order valence-electron chi connectivity index (χ3n) is 1.73. The summed E-state index contributed by atoms with van der Waals surface area (Å²) in [6.45, 7) is 6.67. The topological polar surface area (TPSA) is 70.2 Å². The van der Waals surface area contributed by atoms with Crippen molar-refractivity contribution >= 4 is 17.4 Å². The van der Waals surface area contributed by atoms with Crippen molar-refractivity contribution in [3.05, 3.63) is 21.3 Å². The predicted octanol–water partition coefficient (Wildman–Crippen LogP) is 2.26. The monoisotopic (exact) mass is 247 g/mol. The van der Waals surface area contributed by atoms with Gasteiger partial charge in [0.1, 0.15) is 0 Å². The summed E-state index contributed by atoms with van der Waals surface area (Å²) in [7, 11) is 0. The summed E-state index contributed by atoms with van der Waals surface area (Å²) < 4.78 is 6.88. The van der Waals surface area contributed by atoms with Crippen LogP contribution in [0, 0.1) is 10.1 Å². The smallest absolute Gasteiger partial charge is 0.374 e. The predicted molar refractivity (Wildman–Crippen MR) is 59.6 cm³/mol. The summed E-state index contributed by atoms with van der Waals surface area (Å²) in [5.74, 6) is -0.322. The molecule has 0 radical (unpaired) electrons. The molecule has 0 aliphatic rings. The lowest BCUT2D eigenvalue weighted by atomic mass is 10.2. The van der Waals surface area contributed by atoms with Crippen molar-refractivity contribution in [2.75, 3.05) is 6.61 Å². The lowest BCUT2D eigenvalue weighted by Crippen LogP contribution is -2.22. The molecular weight excluding hydrogens is 234 g/mol. The Bertz CT molecular complexity index is 384. The molecule has 0 amide bonds. The van der Waals surface area contributed by atoms with Crippen molar-refractivity contribution in [1.82, 2.24) is 9.78 Å². The summed E-state index contributed by atoms with van der Waals surface area (Å²) in [5, 5.41) is 14.3. The van der Waals surface area contributed by atoms with Crippen LogP contribution in [0.2, 0.25) is 5.02 Å². The molecular formula is C9H14ClN3O3. The minimum absolute atomic E-state index is 0.0424. The van der Waals surface area contributed by atoms with Gasteiger partial charge < -0.3 is 14.9 Å². The quantitative estimate of drug-likeness (QED) is 0.604. The van der Waals surface area contributed by atoms with Crippen LogP contribution in [-0.4, -0.2) is 26.9 Å². The van der Waals surface area contributed by atoms with Crippen LogP contribution in [0.3, 0.4) is 0 Å². The van der Waals surface area contributed by atoms with E-state index < -0.39 is 4.92 Å². The van der Waals surface area contributed by atoms with E-state index in [1.807, 2.05) is 20.8 Å². The molecule has 0 bridgehead atoms. The maximum Gasteiger partial charge on any atom is 0.408 e. The average molecular weight is 248 g/mol. The molecule has 1 rings (SSSR count). The molecule has 0 unspecified atom stereocenters. The van der Waals surface area contributed by atoms with E-state index in [0.717, 1.165) is 0 Å². The highest BCUT2D eigenvalue weighted by molar-refractivity contribution is 6.32. The first kappa shape index (κ1) is 12.9. The van der Waals surface area contributed by atoms with Gasteiger partial charge in [-0.25, -0.2) is 0 Å². The molecule has 0 fully saturated rings. The number of hydrogen-bond donors (Lipinski definition) is 0. The van der Waals surface area contributed by atoms with Gasteiger partial charge in [-0.05, 0) is 25.7 Å². The molecule has 0 spiro atoms. The Kier molecular flexibility index (Phi) is 3.88. The van der Waals surface area contributed by atoms with Crippen molar-refractivity contribution in [3.63, 3.8) is 0 Å². The molecule has 1 aromatic heterocycles. The van der Waals surface area contributed by atoms with Crippen LogP contribution < -0.4 is 0 Å². The Balaban J connectivity index is 2.56. The van der Waals surface area contributed by atoms with Crippen molar-refractivity contribution in [2.24, 2.45) is 0 Å². The SMILES string of the molecule is CC(C)(C)OCCn1cc(Cl)c([N+](=O)[O-])n1. The first-order chi connectivity index (χ1) is 7.29. The third-order valence-corrected chi connectivity index (χ3v) is 1.99. The normalized spacial score (nSPS) is 11.8. The average Bonchev–Trinajstić information content (AvgIpc) is 2.44.